The largest absolute Gasteiger partial charge is 0.311 e. The van der Waals surface area contributed by atoms with E-state index < -0.39 is 9.84 Å². The zero-order valence-corrected chi connectivity index (χ0v) is 14.4. The van der Waals surface area contributed by atoms with E-state index in [1.54, 1.807) is 10.7 Å². The van der Waals surface area contributed by atoms with Crippen LogP contribution in [0.25, 0.3) is 0 Å². The number of sulfone groups is 1. The molecule has 21 heavy (non-hydrogen) atoms. The lowest BCUT2D eigenvalue weighted by Gasteiger charge is -2.13. The molecule has 1 atom stereocenters. The van der Waals surface area contributed by atoms with Crippen molar-refractivity contribution in [1.82, 2.24) is 9.78 Å². The summed E-state index contributed by atoms with van der Waals surface area (Å²) in [6, 6.07) is 1.61. The normalized spacial score (nSPS) is 20.6. The number of nitrogens with zero attached hydrogens (tertiary/aromatic N) is 2. The smallest absolute Gasteiger partial charge is 0.225 e. The van der Waals surface area contributed by atoms with Crippen LogP contribution in [0.5, 0.6) is 0 Å². The number of halogens is 1. The van der Waals surface area contributed by atoms with Gasteiger partial charge in [-0.25, -0.2) is 13.1 Å². The van der Waals surface area contributed by atoms with Crippen molar-refractivity contribution in [2.24, 2.45) is 0 Å². The molecule has 1 N–H and O–H groups in total. The predicted octanol–water partition coefficient (Wildman–Crippen LogP) is 2.05. The average molecular weight is 378 g/mol. The van der Waals surface area contributed by atoms with Gasteiger partial charge in [0.1, 0.15) is 5.82 Å². The third-order valence-electron chi connectivity index (χ3n) is 3.47. The van der Waals surface area contributed by atoms with Crippen LogP contribution in [0, 0.1) is 6.92 Å². The molecule has 0 bridgehead atoms. The highest BCUT2D eigenvalue weighted by Gasteiger charge is 2.31. The summed E-state index contributed by atoms with van der Waals surface area (Å²) >= 11 is 3.33. The van der Waals surface area contributed by atoms with Crippen LogP contribution in [0.1, 0.15) is 37.4 Å². The van der Waals surface area contributed by atoms with Gasteiger partial charge in [0, 0.05) is 17.8 Å². The molecular weight excluding hydrogens is 358 g/mol. The van der Waals surface area contributed by atoms with E-state index in [0.717, 1.165) is 23.9 Å². The molecule has 1 aromatic rings. The van der Waals surface area contributed by atoms with Gasteiger partial charge in [0.15, 0.2) is 9.84 Å². The zero-order chi connectivity index (χ0) is 15.5. The topological polar surface area (TPSA) is 81.1 Å². The Hall–Kier alpha value is -0.890. The zero-order valence-electron chi connectivity index (χ0n) is 12.0. The molecule has 1 unspecified atom stereocenters. The molecule has 2 rings (SSSR count). The summed E-state index contributed by atoms with van der Waals surface area (Å²) in [5.41, 5.74) is 0.773. The lowest BCUT2D eigenvalue weighted by atomic mass is 10.2. The number of amides is 1. The molecule has 1 aliphatic heterocycles. The minimum atomic E-state index is -2.98. The molecule has 1 saturated heterocycles. The Balaban J connectivity index is 2.05. The second kappa shape index (κ2) is 6.91. The Morgan fingerprint density at radius 1 is 1.52 bits per heavy atom. The number of carbonyl (C=O) groups is 1. The number of aryl methyl sites for hydroxylation is 1. The predicted molar refractivity (Wildman–Crippen MR) is 85.5 cm³/mol. The van der Waals surface area contributed by atoms with Crippen molar-refractivity contribution in [3.05, 3.63) is 11.8 Å². The summed E-state index contributed by atoms with van der Waals surface area (Å²) in [7, 11) is -2.98. The van der Waals surface area contributed by atoms with E-state index in [1.165, 1.54) is 0 Å². The van der Waals surface area contributed by atoms with E-state index in [-0.39, 0.29) is 23.5 Å². The molecule has 1 aromatic heterocycles. The van der Waals surface area contributed by atoms with Crippen LogP contribution >= 0.6 is 15.9 Å². The monoisotopic (exact) mass is 377 g/mol. The maximum absolute atomic E-state index is 11.9. The van der Waals surface area contributed by atoms with Gasteiger partial charge in [0.2, 0.25) is 5.91 Å². The van der Waals surface area contributed by atoms with Crippen molar-refractivity contribution >= 4 is 37.5 Å². The number of rotatable bonds is 6. The van der Waals surface area contributed by atoms with Gasteiger partial charge >= 0.3 is 0 Å². The molecule has 8 heteroatoms. The van der Waals surface area contributed by atoms with Crippen LogP contribution in [0.4, 0.5) is 5.82 Å². The number of hydrogen-bond donors (Lipinski definition) is 1. The Morgan fingerprint density at radius 2 is 2.29 bits per heavy atom. The van der Waals surface area contributed by atoms with Crippen LogP contribution in [-0.2, 0) is 14.6 Å². The van der Waals surface area contributed by atoms with Gasteiger partial charge in [0.25, 0.3) is 0 Å². The summed E-state index contributed by atoms with van der Waals surface area (Å²) < 4.78 is 24.8. The SMILES string of the molecule is Cc1cc(NC(=O)CCCCBr)n(C2CCS(=O)(=O)C2)n1. The van der Waals surface area contributed by atoms with Crippen LogP contribution < -0.4 is 5.32 Å². The van der Waals surface area contributed by atoms with Crippen molar-refractivity contribution in [3.8, 4) is 0 Å². The van der Waals surface area contributed by atoms with Crippen LogP contribution in [0.15, 0.2) is 6.07 Å². The van der Waals surface area contributed by atoms with E-state index in [9.17, 15) is 13.2 Å². The fraction of sp³-hybridized carbons (Fsp3) is 0.692. The highest BCUT2D eigenvalue weighted by Crippen LogP contribution is 2.27. The quantitative estimate of drug-likeness (QED) is 0.607. The van der Waals surface area contributed by atoms with E-state index in [2.05, 4.69) is 26.3 Å². The first-order valence-electron chi connectivity index (χ1n) is 7.03. The lowest BCUT2D eigenvalue weighted by Crippen LogP contribution is -2.19. The molecule has 2 heterocycles. The summed E-state index contributed by atoms with van der Waals surface area (Å²) in [6.45, 7) is 1.83. The molecule has 1 amide bonds. The minimum absolute atomic E-state index is 0.0574. The highest BCUT2D eigenvalue weighted by molar-refractivity contribution is 9.09. The van der Waals surface area contributed by atoms with Gasteiger partial charge in [-0.15, -0.1) is 0 Å². The van der Waals surface area contributed by atoms with Crippen molar-refractivity contribution in [2.75, 3.05) is 22.2 Å². The first-order chi connectivity index (χ1) is 9.91. The van der Waals surface area contributed by atoms with Crippen molar-refractivity contribution < 1.29 is 13.2 Å². The van der Waals surface area contributed by atoms with Gasteiger partial charge < -0.3 is 5.32 Å². The van der Waals surface area contributed by atoms with Crippen LogP contribution in [-0.4, -0.2) is 40.9 Å². The Kier molecular flexibility index (Phi) is 5.43. The van der Waals surface area contributed by atoms with E-state index in [1.807, 2.05) is 6.92 Å². The first-order valence-corrected chi connectivity index (χ1v) is 9.98. The van der Waals surface area contributed by atoms with Gasteiger partial charge in [-0.1, -0.05) is 15.9 Å². The van der Waals surface area contributed by atoms with Gasteiger partial charge in [0.05, 0.1) is 23.2 Å². The summed E-state index contributed by atoms with van der Waals surface area (Å²) in [5.74, 6) is 0.826. The average Bonchev–Trinajstić information content (AvgIpc) is 2.92. The molecule has 0 saturated carbocycles. The standard InChI is InChI=1S/C13H20BrN3O3S/c1-10-8-12(15-13(18)4-2-3-6-14)17(16-10)11-5-7-21(19,20)9-11/h8,11H,2-7,9H2,1H3,(H,15,18). The summed E-state index contributed by atoms with van der Waals surface area (Å²) in [6.07, 6.45) is 2.78. The number of nitrogens with one attached hydrogen (secondary N) is 1. The molecule has 0 spiro atoms. The second-order valence-corrected chi connectivity index (χ2v) is 8.39. The molecule has 118 valence electrons. The fourth-order valence-electron chi connectivity index (χ4n) is 2.44. The molecule has 0 aliphatic carbocycles. The number of carbonyl (C=O) groups excluding carboxylic acids is 1. The first kappa shape index (κ1) is 16.5. The number of alkyl halides is 1. The fourth-order valence-corrected chi connectivity index (χ4v) is 4.53. The molecule has 6 nitrogen and oxygen atoms in total. The number of hydrogen-bond acceptors (Lipinski definition) is 4. The van der Waals surface area contributed by atoms with Crippen molar-refractivity contribution in [2.45, 2.75) is 38.6 Å². The van der Waals surface area contributed by atoms with E-state index in [4.69, 9.17) is 0 Å². The Bertz CT molecular complexity index is 612. The third-order valence-corrected chi connectivity index (χ3v) is 5.78. The van der Waals surface area contributed by atoms with Crippen molar-refractivity contribution in [1.29, 1.82) is 0 Å². The maximum atomic E-state index is 11.9. The molecule has 1 fully saturated rings. The number of aromatic nitrogens is 2. The lowest BCUT2D eigenvalue weighted by molar-refractivity contribution is -0.116. The van der Waals surface area contributed by atoms with Gasteiger partial charge in [-0.05, 0) is 26.2 Å². The Labute approximate surface area is 133 Å². The van der Waals surface area contributed by atoms with Gasteiger partial charge in [-0.3, -0.25) is 4.79 Å². The highest BCUT2D eigenvalue weighted by atomic mass is 79.9. The second-order valence-electron chi connectivity index (χ2n) is 5.37. The van der Waals surface area contributed by atoms with Crippen molar-refractivity contribution in [3.63, 3.8) is 0 Å². The summed E-state index contributed by atoms with van der Waals surface area (Å²) in [5, 5.41) is 8.07. The molecule has 1 aliphatic rings. The summed E-state index contributed by atoms with van der Waals surface area (Å²) in [4.78, 5) is 11.9. The van der Waals surface area contributed by atoms with E-state index in [0.29, 0.717) is 18.7 Å². The van der Waals surface area contributed by atoms with Crippen LogP contribution in [0.3, 0.4) is 0 Å². The van der Waals surface area contributed by atoms with Crippen LogP contribution in [0.2, 0.25) is 0 Å². The number of anilines is 1. The minimum Gasteiger partial charge on any atom is -0.311 e. The molecule has 0 aromatic carbocycles. The van der Waals surface area contributed by atoms with Gasteiger partial charge in [-0.2, -0.15) is 5.10 Å². The maximum Gasteiger partial charge on any atom is 0.225 e. The third kappa shape index (κ3) is 4.54. The molecular formula is C13H20BrN3O3S. The number of unbranched alkanes of at least 4 members (excludes halogenated alkanes) is 1. The van der Waals surface area contributed by atoms with E-state index >= 15 is 0 Å². The molecule has 0 radical (unpaired) electrons. The Morgan fingerprint density at radius 3 is 2.90 bits per heavy atom.